The Bertz CT molecular complexity index is 1510. The smallest absolute Gasteiger partial charge is 0.340 e. The summed E-state index contributed by atoms with van der Waals surface area (Å²) in [6.07, 6.45) is 0.759. The second-order valence-electron chi connectivity index (χ2n) is 7.96. The van der Waals surface area contributed by atoms with Crippen LogP contribution in [0.25, 0.3) is 32.5 Å². The van der Waals surface area contributed by atoms with E-state index in [0.717, 1.165) is 27.0 Å². The Morgan fingerprint density at radius 1 is 0.909 bits per heavy atom. The van der Waals surface area contributed by atoms with Crippen molar-refractivity contribution >= 4 is 44.0 Å². The lowest BCUT2D eigenvalue weighted by Crippen LogP contribution is -2.09. The van der Waals surface area contributed by atoms with E-state index >= 15 is 0 Å². The van der Waals surface area contributed by atoms with E-state index in [9.17, 15) is 13.2 Å². The molecule has 0 amide bonds. The lowest BCUT2D eigenvalue weighted by molar-refractivity contribution is -0.137. The van der Waals surface area contributed by atoms with Crippen LogP contribution < -0.4 is 5.32 Å². The van der Waals surface area contributed by atoms with Crippen LogP contribution in [-0.2, 0) is 6.18 Å². The van der Waals surface area contributed by atoms with Gasteiger partial charge in [-0.3, -0.25) is 9.97 Å². The van der Waals surface area contributed by atoms with E-state index in [1.165, 1.54) is 31.2 Å². The van der Waals surface area contributed by atoms with Gasteiger partial charge < -0.3 is 5.32 Å². The van der Waals surface area contributed by atoms with Crippen LogP contribution in [0.2, 0.25) is 0 Å². The second kappa shape index (κ2) is 7.48. The molecule has 1 aromatic carbocycles. The van der Waals surface area contributed by atoms with Crippen LogP contribution in [0.1, 0.15) is 29.3 Å². The topological polar surface area (TPSA) is 63.6 Å². The van der Waals surface area contributed by atoms with E-state index < -0.39 is 11.7 Å². The van der Waals surface area contributed by atoms with Gasteiger partial charge in [0, 0.05) is 29.4 Å². The Balaban J connectivity index is 1.46. The van der Waals surface area contributed by atoms with Crippen LogP contribution in [0, 0.1) is 0 Å². The average molecular weight is 463 g/mol. The molecule has 164 valence electrons. The Labute approximate surface area is 190 Å². The maximum absolute atomic E-state index is 13.6. The number of nitrogens with zero attached hydrogens (tertiary/aromatic N) is 4. The zero-order chi connectivity index (χ0) is 22.6. The van der Waals surface area contributed by atoms with Crippen molar-refractivity contribution in [2.75, 3.05) is 5.32 Å². The molecule has 0 unspecified atom stereocenters. The van der Waals surface area contributed by atoms with Crippen LogP contribution in [0.5, 0.6) is 0 Å². The first kappa shape index (κ1) is 20.0. The Morgan fingerprint density at radius 2 is 1.73 bits per heavy atom. The van der Waals surface area contributed by atoms with E-state index in [2.05, 4.69) is 20.3 Å². The molecular formula is C24H16F3N5S. The predicted molar refractivity (Wildman–Crippen MR) is 123 cm³/mol. The summed E-state index contributed by atoms with van der Waals surface area (Å²) in [5.41, 5.74) is 1.29. The number of alkyl halides is 3. The van der Waals surface area contributed by atoms with Crippen molar-refractivity contribution in [1.82, 2.24) is 19.9 Å². The van der Waals surface area contributed by atoms with E-state index in [4.69, 9.17) is 4.98 Å². The SMILES string of the molecule is FC(F)(F)c1cccnc1-c1cc2ncccc2c(Nc2ccc3nc(C4CC4)sc3c2)n1. The maximum atomic E-state index is 13.6. The predicted octanol–water partition coefficient (Wildman–Crippen LogP) is 6.94. The Morgan fingerprint density at radius 3 is 2.55 bits per heavy atom. The first-order chi connectivity index (χ1) is 16.0. The van der Waals surface area contributed by atoms with E-state index in [1.54, 1.807) is 23.6 Å². The molecule has 33 heavy (non-hydrogen) atoms. The molecule has 1 N–H and O–H groups in total. The van der Waals surface area contributed by atoms with Crippen molar-refractivity contribution in [2.24, 2.45) is 0 Å². The monoisotopic (exact) mass is 463 g/mol. The number of nitrogens with one attached hydrogen (secondary N) is 1. The molecule has 0 aliphatic heterocycles. The van der Waals surface area contributed by atoms with Crippen LogP contribution >= 0.6 is 11.3 Å². The number of pyridine rings is 3. The second-order valence-corrected chi connectivity index (χ2v) is 9.02. The summed E-state index contributed by atoms with van der Waals surface area (Å²) in [6, 6.07) is 13.3. The molecule has 5 nitrogen and oxygen atoms in total. The van der Waals surface area contributed by atoms with Gasteiger partial charge in [-0.25, -0.2) is 9.97 Å². The first-order valence-electron chi connectivity index (χ1n) is 10.4. The minimum Gasteiger partial charge on any atom is -0.340 e. The number of fused-ring (bicyclic) bond motifs is 2. The van der Waals surface area contributed by atoms with Gasteiger partial charge in [0.1, 0.15) is 11.5 Å². The molecule has 0 spiro atoms. The van der Waals surface area contributed by atoms with Crippen LogP contribution in [0.4, 0.5) is 24.7 Å². The van der Waals surface area contributed by atoms with Gasteiger partial charge in [-0.2, -0.15) is 13.2 Å². The molecule has 0 saturated heterocycles. The van der Waals surface area contributed by atoms with Crippen molar-refractivity contribution in [2.45, 2.75) is 24.9 Å². The van der Waals surface area contributed by atoms with Crippen molar-refractivity contribution in [3.05, 3.63) is 71.5 Å². The van der Waals surface area contributed by atoms with Gasteiger partial charge >= 0.3 is 6.18 Å². The van der Waals surface area contributed by atoms with E-state index in [-0.39, 0.29) is 11.4 Å². The third-order valence-corrected chi connectivity index (χ3v) is 6.73. The quantitative estimate of drug-likeness (QED) is 0.313. The molecule has 0 bridgehead atoms. The fourth-order valence-corrected chi connectivity index (χ4v) is 4.97. The summed E-state index contributed by atoms with van der Waals surface area (Å²) < 4.78 is 41.9. The van der Waals surface area contributed by atoms with Crippen molar-refractivity contribution in [3.8, 4) is 11.4 Å². The Hall–Kier alpha value is -3.59. The summed E-state index contributed by atoms with van der Waals surface area (Å²) in [7, 11) is 0. The summed E-state index contributed by atoms with van der Waals surface area (Å²) >= 11 is 1.68. The van der Waals surface area contributed by atoms with Crippen molar-refractivity contribution in [1.29, 1.82) is 0 Å². The summed E-state index contributed by atoms with van der Waals surface area (Å²) in [6.45, 7) is 0. The molecule has 1 aliphatic rings. The molecule has 1 fully saturated rings. The van der Waals surface area contributed by atoms with Gasteiger partial charge in [0.15, 0.2) is 0 Å². The average Bonchev–Trinajstić information content (AvgIpc) is 3.57. The highest BCUT2D eigenvalue weighted by Gasteiger charge is 2.35. The standard InChI is InChI=1S/C24H16F3N5S/c25-24(26,27)16-4-2-10-29-21(16)19-12-18-15(3-1-9-28-18)22(31-19)30-14-7-8-17-20(11-14)33-23(32-17)13-5-6-13/h1-4,7-13H,5-6H2,(H,30,31). The summed E-state index contributed by atoms with van der Waals surface area (Å²) in [5.74, 6) is 0.994. The molecule has 9 heteroatoms. The molecule has 4 heterocycles. The number of hydrogen-bond donors (Lipinski definition) is 1. The van der Waals surface area contributed by atoms with Crippen molar-refractivity contribution < 1.29 is 13.2 Å². The van der Waals surface area contributed by atoms with Gasteiger partial charge in [-0.1, -0.05) is 0 Å². The molecule has 0 atom stereocenters. The number of aromatic nitrogens is 4. The lowest BCUT2D eigenvalue weighted by Gasteiger charge is -2.14. The highest BCUT2D eigenvalue weighted by atomic mass is 32.1. The highest BCUT2D eigenvalue weighted by molar-refractivity contribution is 7.18. The van der Waals surface area contributed by atoms with Crippen LogP contribution in [0.15, 0.2) is 60.9 Å². The number of hydrogen-bond acceptors (Lipinski definition) is 6. The number of benzene rings is 1. The summed E-state index contributed by atoms with van der Waals surface area (Å²) in [4.78, 5) is 17.6. The number of rotatable bonds is 4. The zero-order valence-electron chi connectivity index (χ0n) is 17.1. The third kappa shape index (κ3) is 3.78. The van der Waals surface area contributed by atoms with Gasteiger partial charge in [0.25, 0.3) is 0 Å². The van der Waals surface area contributed by atoms with Crippen molar-refractivity contribution in [3.63, 3.8) is 0 Å². The molecule has 1 aliphatic carbocycles. The fraction of sp³-hybridized carbons (Fsp3) is 0.167. The highest BCUT2D eigenvalue weighted by Crippen LogP contribution is 2.43. The summed E-state index contributed by atoms with van der Waals surface area (Å²) in [5, 5.41) is 5.14. The molecule has 4 aromatic heterocycles. The number of halogens is 3. The van der Waals surface area contributed by atoms with Crippen LogP contribution in [0.3, 0.4) is 0 Å². The third-order valence-electron chi connectivity index (χ3n) is 5.55. The van der Waals surface area contributed by atoms with Gasteiger partial charge in [0.2, 0.25) is 0 Å². The fourth-order valence-electron chi connectivity index (χ4n) is 3.79. The molecule has 0 radical (unpaired) electrons. The van der Waals surface area contributed by atoms with E-state index in [1.807, 2.05) is 24.3 Å². The van der Waals surface area contributed by atoms with E-state index in [0.29, 0.717) is 22.6 Å². The molecule has 6 rings (SSSR count). The lowest BCUT2D eigenvalue weighted by atomic mass is 10.1. The molecular weight excluding hydrogens is 447 g/mol. The maximum Gasteiger partial charge on any atom is 0.418 e. The Kier molecular flexibility index (Phi) is 4.55. The van der Waals surface area contributed by atoms with Gasteiger partial charge in [0.05, 0.1) is 32.0 Å². The molecule has 1 saturated carbocycles. The largest absolute Gasteiger partial charge is 0.418 e. The zero-order valence-corrected chi connectivity index (χ0v) is 17.9. The van der Waals surface area contributed by atoms with Gasteiger partial charge in [-0.05, 0) is 61.4 Å². The minimum absolute atomic E-state index is 0.103. The molecule has 5 aromatic rings. The number of anilines is 2. The first-order valence-corrected chi connectivity index (χ1v) is 11.2. The van der Waals surface area contributed by atoms with Crippen LogP contribution in [-0.4, -0.2) is 19.9 Å². The normalized spacial score (nSPS) is 14.2. The van der Waals surface area contributed by atoms with Gasteiger partial charge in [-0.15, -0.1) is 11.3 Å². The minimum atomic E-state index is -4.55. The number of thiazole rings is 1.